The first-order valence-corrected chi connectivity index (χ1v) is 11.2. The van der Waals surface area contributed by atoms with E-state index in [0.717, 1.165) is 0 Å². The minimum Gasteiger partial charge on any atom is -0.465 e. The predicted molar refractivity (Wildman–Crippen MR) is 116 cm³/mol. The largest absolute Gasteiger partial charge is 0.465 e. The Morgan fingerprint density at radius 3 is 2.34 bits per heavy atom. The Hall–Kier alpha value is -3.79. The molecule has 1 amide bonds. The second-order valence-electron chi connectivity index (χ2n) is 6.88. The van der Waals surface area contributed by atoms with E-state index in [0.29, 0.717) is 16.3 Å². The second kappa shape index (κ2) is 9.56. The number of rotatable bonds is 8. The molecule has 3 aromatic rings. The number of carbonyl (C=O) groups excluding carboxylic acids is 2. The number of nitro benzene ring substituents is 1. The van der Waals surface area contributed by atoms with E-state index < -0.39 is 32.7 Å². The molecule has 0 aliphatic heterocycles. The van der Waals surface area contributed by atoms with E-state index in [1.165, 1.54) is 30.3 Å². The minimum atomic E-state index is -4.29. The zero-order chi connectivity index (χ0) is 23.3. The summed E-state index contributed by atoms with van der Waals surface area (Å²) in [5.74, 6) is -3.40. The zero-order valence-corrected chi connectivity index (χ0v) is 17.9. The number of esters is 1. The average molecular weight is 456 g/mol. The smallest absolute Gasteiger partial charge is 0.318 e. The van der Waals surface area contributed by atoms with Crippen molar-refractivity contribution in [2.24, 2.45) is 5.92 Å². The van der Waals surface area contributed by atoms with Gasteiger partial charge in [-0.2, -0.15) is 0 Å². The van der Waals surface area contributed by atoms with Crippen molar-refractivity contribution in [2.45, 2.75) is 18.2 Å². The molecule has 0 aliphatic carbocycles. The Morgan fingerprint density at radius 2 is 1.69 bits per heavy atom. The quantitative estimate of drug-likeness (QED) is 0.238. The molecule has 3 rings (SSSR count). The van der Waals surface area contributed by atoms with Gasteiger partial charge in [0.1, 0.15) is 5.92 Å². The van der Waals surface area contributed by atoms with Gasteiger partial charge in [-0.25, -0.2) is 13.1 Å². The monoisotopic (exact) mass is 456 g/mol. The second-order valence-corrected chi connectivity index (χ2v) is 8.53. The van der Waals surface area contributed by atoms with Gasteiger partial charge in [-0.1, -0.05) is 48.5 Å². The van der Waals surface area contributed by atoms with Crippen LogP contribution in [-0.2, 0) is 30.8 Å². The molecule has 1 unspecified atom stereocenters. The van der Waals surface area contributed by atoms with Crippen LogP contribution in [0.4, 0.5) is 5.69 Å². The van der Waals surface area contributed by atoms with Crippen LogP contribution in [0.25, 0.3) is 10.8 Å². The standard InChI is InChI=1S/C22H20N2O7S/c1-2-31-22(26)19(14-15-10-12-17(13-11-15)24(27)28)21(25)23-32(29,30)20-9-5-7-16-6-3-4-8-18(16)20/h3-13,19H,2,14H2,1H3,(H,23,25). The van der Waals surface area contributed by atoms with Crippen molar-refractivity contribution in [3.8, 4) is 0 Å². The van der Waals surface area contributed by atoms with Crippen molar-refractivity contribution in [1.82, 2.24) is 4.72 Å². The number of non-ortho nitro benzene ring substituents is 1. The van der Waals surface area contributed by atoms with Gasteiger partial charge in [-0.15, -0.1) is 0 Å². The molecule has 0 radical (unpaired) electrons. The molecule has 0 aliphatic rings. The van der Waals surface area contributed by atoms with Gasteiger partial charge in [-0.3, -0.25) is 19.7 Å². The van der Waals surface area contributed by atoms with Crippen molar-refractivity contribution in [2.75, 3.05) is 6.61 Å². The molecule has 0 spiro atoms. The fourth-order valence-electron chi connectivity index (χ4n) is 3.20. The van der Waals surface area contributed by atoms with Crippen molar-refractivity contribution >= 4 is 38.4 Å². The molecule has 9 nitrogen and oxygen atoms in total. The zero-order valence-electron chi connectivity index (χ0n) is 17.1. The number of carbonyl (C=O) groups is 2. The van der Waals surface area contributed by atoms with Crippen molar-refractivity contribution in [3.05, 3.63) is 82.4 Å². The molecular weight excluding hydrogens is 436 g/mol. The van der Waals surface area contributed by atoms with E-state index in [1.807, 2.05) is 4.72 Å². The van der Waals surface area contributed by atoms with Crippen LogP contribution in [0.2, 0.25) is 0 Å². The van der Waals surface area contributed by atoms with Crippen LogP contribution >= 0.6 is 0 Å². The molecule has 10 heteroatoms. The van der Waals surface area contributed by atoms with Crippen LogP contribution in [0.15, 0.2) is 71.6 Å². The lowest BCUT2D eigenvalue weighted by Crippen LogP contribution is -2.40. The summed E-state index contributed by atoms with van der Waals surface area (Å²) in [5.41, 5.74) is 0.288. The normalized spacial score (nSPS) is 12.2. The van der Waals surface area contributed by atoms with Crippen LogP contribution in [0.1, 0.15) is 12.5 Å². The van der Waals surface area contributed by atoms with Gasteiger partial charge >= 0.3 is 5.97 Å². The summed E-state index contributed by atoms with van der Waals surface area (Å²) >= 11 is 0. The summed E-state index contributed by atoms with van der Waals surface area (Å²) in [5, 5.41) is 11.9. The molecule has 3 aromatic carbocycles. The minimum absolute atomic E-state index is 0.00104. The van der Waals surface area contributed by atoms with Gasteiger partial charge in [0.15, 0.2) is 0 Å². The number of benzene rings is 3. The summed E-state index contributed by atoms with van der Waals surface area (Å²) in [4.78, 5) is 35.4. The average Bonchev–Trinajstić information content (AvgIpc) is 2.77. The first-order chi connectivity index (χ1) is 15.2. The van der Waals surface area contributed by atoms with Gasteiger partial charge in [0.2, 0.25) is 5.91 Å². The number of ether oxygens (including phenoxy) is 1. The van der Waals surface area contributed by atoms with E-state index >= 15 is 0 Å². The first-order valence-electron chi connectivity index (χ1n) is 9.67. The molecule has 0 bridgehead atoms. The fraction of sp³-hybridized carbons (Fsp3) is 0.182. The highest BCUT2D eigenvalue weighted by Gasteiger charge is 2.32. The van der Waals surface area contributed by atoms with Crippen LogP contribution in [0.3, 0.4) is 0 Å². The highest BCUT2D eigenvalue weighted by Crippen LogP contribution is 2.23. The Kier molecular flexibility index (Phi) is 6.84. The van der Waals surface area contributed by atoms with E-state index in [1.54, 1.807) is 43.3 Å². The molecule has 0 saturated carbocycles. The summed E-state index contributed by atoms with van der Waals surface area (Å²) in [6.07, 6.45) is -0.187. The number of amides is 1. The number of hydrogen-bond acceptors (Lipinski definition) is 7. The third kappa shape index (κ3) is 5.09. The van der Waals surface area contributed by atoms with Crippen LogP contribution in [0, 0.1) is 16.0 Å². The summed E-state index contributed by atoms with van der Waals surface area (Å²) in [7, 11) is -4.29. The third-order valence-electron chi connectivity index (χ3n) is 4.75. The molecule has 1 atom stereocenters. The molecule has 166 valence electrons. The Labute approximate surface area is 184 Å². The van der Waals surface area contributed by atoms with Gasteiger partial charge < -0.3 is 4.74 Å². The van der Waals surface area contributed by atoms with Gasteiger partial charge in [0.25, 0.3) is 15.7 Å². The maximum atomic E-state index is 13.0. The highest BCUT2D eigenvalue weighted by atomic mass is 32.2. The topological polar surface area (TPSA) is 133 Å². The molecule has 0 heterocycles. The number of hydrogen-bond donors (Lipinski definition) is 1. The molecule has 1 N–H and O–H groups in total. The third-order valence-corrected chi connectivity index (χ3v) is 6.15. The highest BCUT2D eigenvalue weighted by molar-refractivity contribution is 7.90. The van der Waals surface area contributed by atoms with E-state index in [4.69, 9.17) is 4.74 Å². The summed E-state index contributed by atoms with van der Waals surface area (Å²) in [6, 6.07) is 16.7. The van der Waals surface area contributed by atoms with Crippen LogP contribution < -0.4 is 4.72 Å². The number of nitro groups is 1. The molecule has 0 fully saturated rings. The molecule has 32 heavy (non-hydrogen) atoms. The fourth-order valence-corrected chi connectivity index (χ4v) is 4.45. The lowest BCUT2D eigenvalue weighted by atomic mass is 9.98. The van der Waals surface area contributed by atoms with Gasteiger partial charge in [0.05, 0.1) is 16.4 Å². The first kappa shape index (κ1) is 22.9. The van der Waals surface area contributed by atoms with Crippen LogP contribution in [0.5, 0.6) is 0 Å². The number of sulfonamides is 1. The molecule has 0 saturated heterocycles. The number of nitrogens with one attached hydrogen (secondary N) is 1. The Morgan fingerprint density at radius 1 is 1.03 bits per heavy atom. The van der Waals surface area contributed by atoms with E-state index in [-0.39, 0.29) is 23.6 Å². The van der Waals surface area contributed by atoms with Crippen molar-refractivity contribution in [3.63, 3.8) is 0 Å². The summed E-state index contributed by atoms with van der Waals surface area (Å²) < 4.78 is 32.8. The van der Waals surface area contributed by atoms with Crippen LogP contribution in [-0.4, -0.2) is 31.8 Å². The maximum Gasteiger partial charge on any atom is 0.318 e. The Balaban J connectivity index is 1.88. The SMILES string of the molecule is CCOC(=O)C(Cc1ccc([N+](=O)[O-])cc1)C(=O)NS(=O)(=O)c1cccc2ccccc12. The van der Waals surface area contributed by atoms with Crippen molar-refractivity contribution in [1.29, 1.82) is 0 Å². The molecular formula is C22H20N2O7S. The predicted octanol–water partition coefficient (Wildman–Crippen LogP) is 2.97. The number of nitrogens with zero attached hydrogens (tertiary/aromatic N) is 1. The lowest BCUT2D eigenvalue weighted by molar-refractivity contribution is -0.384. The van der Waals surface area contributed by atoms with E-state index in [2.05, 4.69) is 0 Å². The molecule has 0 aromatic heterocycles. The lowest BCUT2D eigenvalue weighted by Gasteiger charge is -2.16. The Bertz CT molecular complexity index is 1270. The van der Waals surface area contributed by atoms with Gasteiger partial charge in [0, 0.05) is 17.5 Å². The van der Waals surface area contributed by atoms with Crippen molar-refractivity contribution < 1.29 is 27.7 Å². The van der Waals surface area contributed by atoms with E-state index in [9.17, 15) is 28.1 Å². The maximum absolute atomic E-state index is 13.0. The van der Waals surface area contributed by atoms with Gasteiger partial charge in [-0.05, 0) is 30.4 Å². The number of fused-ring (bicyclic) bond motifs is 1. The summed E-state index contributed by atoms with van der Waals surface area (Å²) in [6.45, 7) is 1.56.